The standard InChI is InChI=1S/C22H25NO7/c1-14(2)12-29-18-10-7-16(11-19(18)27-3)22(26)30-13-20(24)23-17-8-5-15(6-9-17)21(25)28-4/h5-11,14H,12-13H2,1-4H3,(H,23,24). The number of nitrogens with one attached hydrogen (secondary N) is 1. The number of methoxy groups -OCH3 is 2. The third-order valence-electron chi connectivity index (χ3n) is 3.90. The third kappa shape index (κ3) is 6.51. The zero-order valence-corrected chi connectivity index (χ0v) is 17.4. The lowest BCUT2D eigenvalue weighted by Crippen LogP contribution is -2.21. The predicted molar refractivity (Wildman–Crippen MR) is 110 cm³/mol. The molecule has 8 nitrogen and oxygen atoms in total. The zero-order chi connectivity index (χ0) is 22.1. The molecule has 2 aromatic rings. The van der Waals surface area contributed by atoms with Crippen molar-refractivity contribution in [2.75, 3.05) is 32.8 Å². The minimum absolute atomic E-state index is 0.235. The second-order valence-electron chi connectivity index (χ2n) is 6.76. The van der Waals surface area contributed by atoms with Gasteiger partial charge in [0.1, 0.15) is 0 Å². The predicted octanol–water partition coefficient (Wildman–Crippen LogP) is 3.31. The third-order valence-corrected chi connectivity index (χ3v) is 3.90. The summed E-state index contributed by atoms with van der Waals surface area (Å²) in [6.45, 7) is 4.10. The van der Waals surface area contributed by atoms with E-state index < -0.39 is 24.5 Å². The van der Waals surface area contributed by atoms with E-state index >= 15 is 0 Å². The van der Waals surface area contributed by atoms with Crippen LogP contribution in [0.15, 0.2) is 42.5 Å². The zero-order valence-electron chi connectivity index (χ0n) is 17.4. The number of rotatable bonds is 9. The highest BCUT2D eigenvalue weighted by Gasteiger charge is 2.15. The second kappa shape index (κ2) is 10.8. The van der Waals surface area contributed by atoms with E-state index in [4.69, 9.17) is 14.2 Å². The van der Waals surface area contributed by atoms with Crippen molar-refractivity contribution in [3.05, 3.63) is 53.6 Å². The Bertz CT molecular complexity index is 891. The molecule has 0 aliphatic heterocycles. The molecule has 0 unspecified atom stereocenters. The molecule has 0 atom stereocenters. The lowest BCUT2D eigenvalue weighted by Gasteiger charge is -2.13. The highest BCUT2D eigenvalue weighted by atomic mass is 16.5. The van der Waals surface area contributed by atoms with Gasteiger partial charge < -0.3 is 24.3 Å². The molecule has 0 spiro atoms. The van der Waals surface area contributed by atoms with Gasteiger partial charge >= 0.3 is 11.9 Å². The number of benzene rings is 2. The van der Waals surface area contributed by atoms with Crippen molar-refractivity contribution in [2.24, 2.45) is 5.92 Å². The first-order valence-electron chi connectivity index (χ1n) is 9.30. The van der Waals surface area contributed by atoms with E-state index in [1.165, 1.54) is 32.4 Å². The van der Waals surface area contributed by atoms with Crippen molar-refractivity contribution >= 4 is 23.5 Å². The Labute approximate surface area is 175 Å². The average Bonchev–Trinajstić information content (AvgIpc) is 2.75. The lowest BCUT2D eigenvalue weighted by molar-refractivity contribution is -0.119. The Balaban J connectivity index is 1.91. The summed E-state index contributed by atoms with van der Waals surface area (Å²) >= 11 is 0. The Morgan fingerprint density at radius 2 is 1.57 bits per heavy atom. The fourth-order valence-electron chi connectivity index (χ4n) is 2.39. The number of carbonyl (C=O) groups is 3. The molecular formula is C22H25NO7. The van der Waals surface area contributed by atoms with Crippen LogP contribution in [-0.4, -0.2) is 45.3 Å². The molecule has 0 fully saturated rings. The van der Waals surface area contributed by atoms with Gasteiger partial charge in [-0.1, -0.05) is 13.8 Å². The Morgan fingerprint density at radius 3 is 2.17 bits per heavy atom. The van der Waals surface area contributed by atoms with Crippen LogP contribution in [0.1, 0.15) is 34.6 Å². The Morgan fingerprint density at radius 1 is 0.900 bits per heavy atom. The van der Waals surface area contributed by atoms with Crippen LogP contribution in [0.4, 0.5) is 5.69 Å². The summed E-state index contributed by atoms with van der Waals surface area (Å²) < 4.78 is 20.6. The van der Waals surface area contributed by atoms with Crippen molar-refractivity contribution in [2.45, 2.75) is 13.8 Å². The van der Waals surface area contributed by atoms with Gasteiger partial charge in [-0.2, -0.15) is 0 Å². The van der Waals surface area contributed by atoms with E-state index in [2.05, 4.69) is 10.1 Å². The van der Waals surface area contributed by atoms with Crippen LogP contribution in [0.25, 0.3) is 0 Å². The van der Waals surface area contributed by atoms with Crippen LogP contribution < -0.4 is 14.8 Å². The maximum absolute atomic E-state index is 12.2. The minimum Gasteiger partial charge on any atom is -0.493 e. The molecule has 2 rings (SSSR count). The summed E-state index contributed by atoms with van der Waals surface area (Å²) in [6.07, 6.45) is 0. The number of esters is 2. The number of carbonyl (C=O) groups excluding carboxylic acids is 3. The molecule has 8 heteroatoms. The highest BCUT2D eigenvalue weighted by molar-refractivity contribution is 5.96. The molecule has 0 aliphatic rings. The van der Waals surface area contributed by atoms with Gasteiger partial charge in [0, 0.05) is 5.69 Å². The SMILES string of the molecule is COC(=O)c1ccc(NC(=O)COC(=O)c2ccc(OCC(C)C)c(OC)c2)cc1. The van der Waals surface area contributed by atoms with E-state index in [-0.39, 0.29) is 5.56 Å². The highest BCUT2D eigenvalue weighted by Crippen LogP contribution is 2.28. The molecule has 0 saturated carbocycles. The molecule has 160 valence electrons. The topological polar surface area (TPSA) is 100 Å². The summed E-state index contributed by atoms with van der Waals surface area (Å²) in [5.74, 6) is -0.388. The first-order chi connectivity index (χ1) is 14.3. The monoisotopic (exact) mass is 415 g/mol. The van der Waals surface area contributed by atoms with Gasteiger partial charge in [-0.25, -0.2) is 9.59 Å². The van der Waals surface area contributed by atoms with Gasteiger partial charge in [-0.05, 0) is 48.4 Å². The van der Waals surface area contributed by atoms with E-state index in [1.54, 1.807) is 24.3 Å². The average molecular weight is 415 g/mol. The van der Waals surface area contributed by atoms with Crippen molar-refractivity contribution in [3.63, 3.8) is 0 Å². The van der Waals surface area contributed by atoms with E-state index in [1.807, 2.05) is 13.8 Å². The molecule has 0 heterocycles. The second-order valence-corrected chi connectivity index (χ2v) is 6.76. The van der Waals surface area contributed by atoms with Crippen molar-refractivity contribution in [1.82, 2.24) is 0 Å². The quantitative estimate of drug-likeness (QED) is 0.627. The Kier molecular flexibility index (Phi) is 8.22. The fourth-order valence-corrected chi connectivity index (χ4v) is 2.39. The smallest absolute Gasteiger partial charge is 0.338 e. The summed E-state index contributed by atoms with van der Waals surface area (Å²) in [6, 6.07) is 10.8. The molecule has 1 amide bonds. The summed E-state index contributed by atoms with van der Waals surface area (Å²) in [7, 11) is 2.76. The molecule has 0 bridgehead atoms. The number of anilines is 1. The molecule has 2 aromatic carbocycles. The lowest BCUT2D eigenvalue weighted by atomic mass is 10.2. The van der Waals surface area contributed by atoms with Gasteiger partial charge in [0.25, 0.3) is 5.91 Å². The van der Waals surface area contributed by atoms with Crippen molar-refractivity contribution in [1.29, 1.82) is 0 Å². The largest absolute Gasteiger partial charge is 0.493 e. The number of amides is 1. The van der Waals surface area contributed by atoms with Crippen molar-refractivity contribution in [3.8, 4) is 11.5 Å². The molecule has 0 saturated heterocycles. The van der Waals surface area contributed by atoms with Gasteiger partial charge in [-0.15, -0.1) is 0 Å². The molecule has 0 radical (unpaired) electrons. The summed E-state index contributed by atoms with van der Waals surface area (Å²) in [5, 5.41) is 2.58. The van der Waals surface area contributed by atoms with Crippen LogP contribution >= 0.6 is 0 Å². The van der Waals surface area contributed by atoms with E-state index in [0.717, 1.165) is 0 Å². The first-order valence-corrected chi connectivity index (χ1v) is 9.30. The summed E-state index contributed by atoms with van der Waals surface area (Å²) in [4.78, 5) is 35.7. The van der Waals surface area contributed by atoms with Crippen molar-refractivity contribution < 1.29 is 33.3 Å². The number of hydrogen-bond acceptors (Lipinski definition) is 7. The van der Waals surface area contributed by atoms with E-state index in [9.17, 15) is 14.4 Å². The van der Waals surface area contributed by atoms with Crippen LogP contribution in [0.2, 0.25) is 0 Å². The number of ether oxygens (including phenoxy) is 4. The molecule has 30 heavy (non-hydrogen) atoms. The van der Waals surface area contributed by atoms with Gasteiger partial charge in [-0.3, -0.25) is 4.79 Å². The fraction of sp³-hybridized carbons (Fsp3) is 0.318. The number of hydrogen-bond donors (Lipinski definition) is 1. The van der Waals surface area contributed by atoms with Crippen LogP contribution in [0, 0.1) is 5.92 Å². The maximum Gasteiger partial charge on any atom is 0.338 e. The van der Waals surface area contributed by atoms with Crippen LogP contribution in [0.3, 0.4) is 0 Å². The first kappa shape index (κ1) is 22.7. The van der Waals surface area contributed by atoms with Crippen LogP contribution in [-0.2, 0) is 14.3 Å². The normalized spacial score (nSPS) is 10.3. The Hall–Kier alpha value is -3.55. The van der Waals surface area contributed by atoms with Gasteiger partial charge in [0.15, 0.2) is 18.1 Å². The van der Waals surface area contributed by atoms with Gasteiger partial charge in [0.05, 0.1) is 32.0 Å². The van der Waals surface area contributed by atoms with Gasteiger partial charge in [0.2, 0.25) is 0 Å². The van der Waals surface area contributed by atoms with Crippen LogP contribution in [0.5, 0.6) is 11.5 Å². The van der Waals surface area contributed by atoms with E-state index in [0.29, 0.717) is 35.3 Å². The molecule has 0 aliphatic carbocycles. The summed E-state index contributed by atoms with van der Waals surface area (Å²) in [5.41, 5.74) is 1.05. The minimum atomic E-state index is -0.667. The molecule has 1 N–H and O–H groups in total. The maximum atomic E-state index is 12.2. The molecular weight excluding hydrogens is 390 g/mol. The molecule has 0 aromatic heterocycles.